The topological polar surface area (TPSA) is 54.4 Å². The van der Waals surface area contributed by atoms with Crippen molar-refractivity contribution in [2.24, 2.45) is 5.10 Å². The average Bonchev–Trinajstić information content (AvgIpc) is 2.46. The summed E-state index contributed by atoms with van der Waals surface area (Å²) in [6, 6.07) is 10.5. The van der Waals surface area contributed by atoms with Crippen molar-refractivity contribution in [3.05, 3.63) is 64.9 Å². The van der Waals surface area contributed by atoms with Gasteiger partial charge in [0.25, 0.3) is 5.91 Å². The lowest BCUT2D eigenvalue weighted by atomic mass is 10.2. The third-order valence-electron chi connectivity index (χ3n) is 2.52. The molecule has 1 amide bonds. The van der Waals surface area contributed by atoms with Crippen molar-refractivity contribution < 1.29 is 4.79 Å². The van der Waals surface area contributed by atoms with Crippen LogP contribution in [0.1, 0.15) is 22.8 Å². The first kappa shape index (κ1) is 13.2. The highest BCUT2D eigenvalue weighted by molar-refractivity contribution is 6.33. The van der Waals surface area contributed by atoms with Gasteiger partial charge in [-0.15, -0.1) is 0 Å². The number of benzene rings is 1. The maximum absolute atomic E-state index is 11.9. The minimum Gasteiger partial charge on any atom is -0.267 e. The number of nitrogens with one attached hydrogen (secondary N) is 1. The number of carbonyl (C=O) groups excluding carboxylic acids is 1. The van der Waals surface area contributed by atoms with E-state index in [4.69, 9.17) is 11.6 Å². The van der Waals surface area contributed by atoms with Gasteiger partial charge in [0.15, 0.2) is 0 Å². The molecule has 1 N–H and O–H groups in total. The van der Waals surface area contributed by atoms with Crippen molar-refractivity contribution in [3.63, 3.8) is 0 Å². The summed E-state index contributed by atoms with van der Waals surface area (Å²) in [7, 11) is 0. The highest BCUT2D eigenvalue weighted by Crippen LogP contribution is 2.14. The van der Waals surface area contributed by atoms with Crippen LogP contribution in [0, 0.1) is 0 Å². The summed E-state index contributed by atoms with van der Waals surface area (Å²) in [4.78, 5) is 15.9. The zero-order valence-electron chi connectivity index (χ0n) is 10.3. The Morgan fingerprint density at radius 2 is 2.05 bits per heavy atom. The van der Waals surface area contributed by atoms with Gasteiger partial charge < -0.3 is 0 Å². The molecule has 0 spiro atoms. The Labute approximate surface area is 116 Å². The normalized spacial score (nSPS) is 11.2. The number of hydrazone groups is 1. The quantitative estimate of drug-likeness (QED) is 0.690. The van der Waals surface area contributed by atoms with Crippen LogP contribution in [0.2, 0.25) is 5.02 Å². The number of rotatable bonds is 3. The van der Waals surface area contributed by atoms with Gasteiger partial charge in [-0.2, -0.15) is 5.10 Å². The number of nitrogens with zero attached hydrogens (tertiary/aromatic N) is 2. The second kappa shape index (κ2) is 6.11. The van der Waals surface area contributed by atoms with Crippen LogP contribution >= 0.6 is 11.6 Å². The van der Waals surface area contributed by atoms with Gasteiger partial charge in [0, 0.05) is 18.0 Å². The molecule has 0 fully saturated rings. The molecule has 5 heteroatoms. The third-order valence-corrected chi connectivity index (χ3v) is 2.85. The van der Waals surface area contributed by atoms with Crippen molar-refractivity contribution in [1.29, 1.82) is 0 Å². The Kier molecular flexibility index (Phi) is 4.26. The van der Waals surface area contributed by atoms with Crippen molar-refractivity contribution in [2.75, 3.05) is 0 Å². The summed E-state index contributed by atoms with van der Waals surface area (Å²) < 4.78 is 0. The van der Waals surface area contributed by atoms with E-state index < -0.39 is 0 Å². The monoisotopic (exact) mass is 273 g/mol. The van der Waals surface area contributed by atoms with Crippen molar-refractivity contribution >= 4 is 23.2 Å². The molecule has 19 heavy (non-hydrogen) atoms. The zero-order valence-corrected chi connectivity index (χ0v) is 11.1. The predicted molar refractivity (Wildman–Crippen MR) is 75.4 cm³/mol. The SMILES string of the molecule is C/C(=N/NC(=O)c1ccccc1Cl)c1cccnc1. The summed E-state index contributed by atoms with van der Waals surface area (Å²) in [5.41, 5.74) is 4.39. The second-order valence-electron chi connectivity index (χ2n) is 3.86. The average molecular weight is 274 g/mol. The Balaban J connectivity index is 2.11. The first-order chi connectivity index (χ1) is 9.18. The number of halogens is 1. The maximum Gasteiger partial charge on any atom is 0.272 e. The van der Waals surface area contributed by atoms with Gasteiger partial charge >= 0.3 is 0 Å². The van der Waals surface area contributed by atoms with Gasteiger partial charge in [-0.1, -0.05) is 29.8 Å². The smallest absolute Gasteiger partial charge is 0.267 e. The van der Waals surface area contributed by atoms with Crippen LogP contribution < -0.4 is 5.43 Å². The fraction of sp³-hybridized carbons (Fsp3) is 0.0714. The summed E-state index contributed by atoms with van der Waals surface area (Å²) in [6.45, 7) is 1.80. The van der Waals surface area contributed by atoms with Gasteiger partial charge in [0.1, 0.15) is 0 Å². The molecule has 2 rings (SSSR count). The van der Waals surface area contributed by atoms with Crippen molar-refractivity contribution in [3.8, 4) is 0 Å². The summed E-state index contributed by atoms with van der Waals surface area (Å²) in [6.07, 6.45) is 3.36. The Hall–Kier alpha value is -2.20. The van der Waals surface area contributed by atoms with E-state index in [1.807, 2.05) is 12.1 Å². The van der Waals surface area contributed by atoms with E-state index in [0.29, 0.717) is 16.3 Å². The third kappa shape index (κ3) is 3.39. The largest absolute Gasteiger partial charge is 0.272 e. The molecule has 0 bridgehead atoms. The molecule has 0 unspecified atom stereocenters. The molecular weight excluding hydrogens is 262 g/mol. The van der Waals surface area contributed by atoms with Gasteiger partial charge in [-0.05, 0) is 25.1 Å². The lowest BCUT2D eigenvalue weighted by Gasteiger charge is -2.04. The van der Waals surface area contributed by atoms with Gasteiger partial charge in [0.2, 0.25) is 0 Å². The molecule has 0 aliphatic heterocycles. The molecule has 2 aromatic rings. The molecule has 1 aromatic heterocycles. The fourth-order valence-electron chi connectivity index (χ4n) is 1.48. The number of amides is 1. The van der Waals surface area contributed by atoms with Gasteiger partial charge in [-0.25, -0.2) is 5.43 Å². The van der Waals surface area contributed by atoms with Crippen LogP contribution in [0.3, 0.4) is 0 Å². The number of pyridine rings is 1. The number of aromatic nitrogens is 1. The molecule has 1 aromatic carbocycles. The Morgan fingerprint density at radius 3 is 2.74 bits per heavy atom. The van der Waals surface area contributed by atoms with Crippen LogP contribution in [-0.4, -0.2) is 16.6 Å². The van der Waals surface area contributed by atoms with E-state index in [0.717, 1.165) is 5.56 Å². The molecule has 0 saturated heterocycles. The first-order valence-corrected chi connectivity index (χ1v) is 6.06. The van der Waals surface area contributed by atoms with E-state index >= 15 is 0 Å². The molecule has 0 atom stereocenters. The number of hydrogen-bond donors (Lipinski definition) is 1. The molecule has 0 aliphatic rings. The molecule has 0 aliphatic carbocycles. The summed E-state index contributed by atoms with van der Waals surface area (Å²) in [5.74, 6) is -0.339. The van der Waals surface area contributed by atoms with Gasteiger partial charge in [-0.3, -0.25) is 9.78 Å². The molecule has 1 heterocycles. The van der Waals surface area contributed by atoms with Gasteiger partial charge in [0.05, 0.1) is 16.3 Å². The molecule has 96 valence electrons. The van der Waals surface area contributed by atoms with E-state index in [-0.39, 0.29) is 5.91 Å². The summed E-state index contributed by atoms with van der Waals surface area (Å²) in [5, 5.41) is 4.43. The number of carbonyl (C=O) groups is 1. The minimum atomic E-state index is -0.339. The Morgan fingerprint density at radius 1 is 1.26 bits per heavy atom. The molecular formula is C14H12ClN3O. The molecule has 4 nitrogen and oxygen atoms in total. The van der Waals surface area contributed by atoms with Crippen LogP contribution in [-0.2, 0) is 0 Å². The van der Waals surface area contributed by atoms with E-state index in [9.17, 15) is 4.79 Å². The predicted octanol–water partition coefficient (Wildman–Crippen LogP) is 2.89. The standard InChI is InChI=1S/C14H12ClN3O/c1-10(11-5-4-8-16-9-11)17-18-14(19)12-6-2-3-7-13(12)15/h2-9H,1H3,(H,18,19)/b17-10-. The van der Waals surface area contributed by atoms with Crippen LogP contribution in [0.25, 0.3) is 0 Å². The fourth-order valence-corrected chi connectivity index (χ4v) is 1.70. The zero-order chi connectivity index (χ0) is 13.7. The minimum absolute atomic E-state index is 0.339. The van der Waals surface area contributed by atoms with Crippen LogP contribution in [0.4, 0.5) is 0 Å². The number of hydrogen-bond acceptors (Lipinski definition) is 3. The van der Waals surface area contributed by atoms with Crippen molar-refractivity contribution in [2.45, 2.75) is 6.92 Å². The lowest BCUT2D eigenvalue weighted by molar-refractivity contribution is 0.0955. The molecule has 0 saturated carbocycles. The highest BCUT2D eigenvalue weighted by atomic mass is 35.5. The van der Waals surface area contributed by atoms with Crippen molar-refractivity contribution in [1.82, 2.24) is 10.4 Å². The highest BCUT2D eigenvalue weighted by Gasteiger charge is 2.08. The molecule has 0 radical (unpaired) electrons. The second-order valence-corrected chi connectivity index (χ2v) is 4.27. The Bertz CT molecular complexity index is 611. The van der Waals surface area contributed by atoms with Crippen LogP contribution in [0.15, 0.2) is 53.9 Å². The van der Waals surface area contributed by atoms with E-state index in [1.54, 1.807) is 43.6 Å². The van der Waals surface area contributed by atoms with E-state index in [2.05, 4.69) is 15.5 Å². The summed E-state index contributed by atoms with van der Waals surface area (Å²) >= 11 is 5.93. The lowest BCUT2D eigenvalue weighted by Crippen LogP contribution is -2.19. The first-order valence-electron chi connectivity index (χ1n) is 5.68. The maximum atomic E-state index is 11.9. The van der Waals surface area contributed by atoms with Crippen LogP contribution in [0.5, 0.6) is 0 Å². The van der Waals surface area contributed by atoms with E-state index in [1.165, 1.54) is 0 Å².